The highest BCUT2D eigenvalue weighted by atomic mass is 15.3. The molecule has 1 fully saturated rings. The highest BCUT2D eigenvalue weighted by Crippen LogP contribution is 2.28. The quantitative estimate of drug-likeness (QED) is 0.645. The maximum atomic E-state index is 7.97. The van der Waals surface area contributed by atoms with Crippen LogP contribution in [0.5, 0.6) is 0 Å². The Morgan fingerprint density at radius 2 is 1.86 bits per heavy atom. The van der Waals surface area contributed by atoms with Crippen LogP contribution in [0, 0.1) is 11.3 Å². The lowest BCUT2D eigenvalue weighted by Crippen LogP contribution is -2.36. The van der Waals surface area contributed by atoms with Crippen LogP contribution in [-0.2, 0) is 12.8 Å². The largest absolute Gasteiger partial charge is 0.384 e. The molecule has 1 aliphatic heterocycles. The van der Waals surface area contributed by atoms with E-state index in [-0.39, 0.29) is 5.84 Å². The van der Waals surface area contributed by atoms with E-state index in [2.05, 4.69) is 35.9 Å². The number of amidine groups is 1. The zero-order chi connectivity index (χ0) is 15.4. The van der Waals surface area contributed by atoms with E-state index in [0.717, 1.165) is 54.5 Å². The van der Waals surface area contributed by atoms with Gasteiger partial charge < -0.3 is 10.6 Å². The first kappa shape index (κ1) is 15.7. The molecule has 3 N–H and O–H groups in total. The van der Waals surface area contributed by atoms with Crippen LogP contribution in [0.3, 0.4) is 0 Å². The van der Waals surface area contributed by atoms with Gasteiger partial charge in [0.25, 0.3) is 0 Å². The van der Waals surface area contributed by atoms with Gasteiger partial charge in [-0.25, -0.2) is 0 Å². The summed E-state index contributed by atoms with van der Waals surface area (Å²) in [6, 6.07) is 0. The van der Waals surface area contributed by atoms with Gasteiger partial charge in [-0.15, -0.1) is 5.10 Å². The van der Waals surface area contributed by atoms with E-state index in [1.54, 1.807) is 0 Å². The number of nitrogens with zero attached hydrogens (tertiary/aromatic N) is 3. The first-order valence-corrected chi connectivity index (χ1v) is 8.10. The Bertz CT molecular complexity index is 504. The van der Waals surface area contributed by atoms with E-state index < -0.39 is 0 Å². The number of aryl methyl sites for hydroxylation is 1. The van der Waals surface area contributed by atoms with Crippen molar-refractivity contribution in [2.45, 2.75) is 52.9 Å². The van der Waals surface area contributed by atoms with E-state index in [4.69, 9.17) is 11.1 Å². The minimum absolute atomic E-state index is 0.115. The molecule has 1 aromatic rings. The molecule has 0 unspecified atom stereocenters. The Kier molecular flexibility index (Phi) is 5.15. The normalized spacial score (nSPS) is 16.2. The minimum Gasteiger partial charge on any atom is -0.384 e. The van der Waals surface area contributed by atoms with Crippen LogP contribution >= 0.6 is 0 Å². The first-order chi connectivity index (χ1) is 10.1. The number of piperidine rings is 1. The molecule has 2 heterocycles. The summed E-state index contributed by atoms with van der Waals surface area (Å²) in [7, 11) is 0. The maximum absolute atomic E-state index is 7.97. The predicted octanol–water partition coefficient (Wildman–Crippen LogP) is 2.51. The van der Waals surface area contributed by atoms with Gasteiger partial charge >= 0.3 is 0 Å². The van der Waals surface area contributed by atoms with Crippen molar-refractivity contribution >= 4 is 11.7 Å². The van der Waals surface area contributed by atoms with Gasteiger partial charge in [-0.2, -0.15) is 5.10 Å². The third-order valence-corrected chi connectivity index (χ3v) is 4.59. The highest BCUT2D eigenvalue weighted by Gasteiger charge is 2.24. The van der Waals surface area contributed by atoms with Crippen molar-refractivity contribution in [3.63, 3.8) is 0 Å². The standard InChI is InChI=1S/C16H27N5/c1-4-11-7-9-21(10-8-11)16-14(15(17)18)12(5-2)13(6-3)19-20-16/h11H,4-10H2,1-3H3,(H3,17,18). The molecular weight excluding hydrogens is 262 g/mol. The average Bonchev–Trinajstić information content (AvgIpc) is 2.53. The number of nitrogens with one attached hydrogen (secondary N) is 1. The number of rotatable bonds is 5. The van der Waals surface area contributed by atoms with Gasteiger partial charge in [-0.3, -0.25) is 5.41 Å². The molecule has 5 nitrogen and oxygen atoms in total. The topological polar surface area (TPSA) is 78.9 Å². The molecule has 0 radical (unpaired) electrons. The molecule has 0 aromatic carbocycles. The van der Waals surface area contributed by atoms with Crippen molar-refractivity contribution in [3.05, 3.63) is 16.8 Å². The van der Waals surface area contributed by atoms with Crippen LogP contribution in [0.1, 0.15) is 56.9 Å². The molecule has 0 atom stereocenters. The second kappa shape index (κ2) is 6.87. The highest BCUT2D eigenvalue weighted by molar-refractivity contribution is 6.01. The number of hydrogen-bond acceptors (Lipinski definition) is 4. The Hall–Kier alpha value is -1.65. The number of anilines is 1. The maximum Gasteiger partial charge on any atom is 0.162 e. The van der Waals surface area contributed by atoms with Gasteiger partial charge in [0.2, 0.25) is 0 Å². The Balaban J connectivity index is 2.37. The number of hydrogen-bond donors (Lipinski definition) is 2. The number of aromatic nitrogens is 2. The van der Waals surface area contributed by atoms with Crippen molar-refractivity contribution < 1.29 is 0 Å². The molecule has 1 aliphatic rings. The molecular formula is C16H27N5. The van der Waals surface area contributed by atoms with E-state index in [9.17, 15) is 0 Å². The Morgan fingerprint density at radius 3 is 2.33 bits per heavy atom. The molecule has 1 saturated heterocycles. The van der Waals surface area contributed by atoms with Crippen molar-refractivity contribution in [1.82, 2.24) is 10.2 Å². The van der Waals surface area contributed by atoms with Crippen molar-refractivity contribution in [2.24, 2.45) is 11.7 Å². The smallest absolute Gasteiger partial charge is 0.162 e. The van der Waals surface area contributed by atoms with E-state index >= 15 is 0 Å². The Morgan fingerprint density at radius 1 is 1.19 bits per heavy atom. The summed E-state index contributed by atoms with van der Waals surface area (Å²) in [5.74, 6) is 1.74. The van der Waals surface area contributed by atoms with Gasteiger partial charge in [-0.05, 0) is 37.2 Å². The molecule has 0 bridgehead atoms. The summed E-state index contributed by atoms with van der Waals surface area (Å²) < 4.78 is 0. The van der Waals surface area contributed by atoms with Gasteiger partial charge in [0.05, 0.1) is 11.3 Å². The molecule has 0 amide bonds. The monoisotopic (exact) mass is 289 g/mol. The molecule has 116 valence electrons. The van der Waals surface area contributed by atoms with E-state index in [0.29, 0.717) is 0 Å². The Labute approximate surface area is 127 Å². The lowest BCUT2D eigenvalue weighted by atomic mass is 9.93. The van der Waals surface area contributed by atoms with Crippen LogP contribution in [0.25, 0.3) is 0 Å². The van der Waals surface area contributed by atoms with Gasteiger partial charge in [0.15, 0.2) is 5.82 Å². The third kappa shape index (κ3) is 3.17. The van der Waals surface area contributed by atoms with Gasteiger partial charge in [0.1, 0.15) is 5.84 Å². The summed E-state index contributed by atoms with van der Waals surface area (Å²) in [6.07, 6.45) is 5.29. The zero-order valence-electron chi connectivity index (χ0n) is 13.4. The van der Waals surface area contributed by atoms with Crippen LogP contribution in [-0.4, -0.2) is 29.1 Å². The summed E-state index contributed by atoms with van der Waals surface area (Å²) in [4.78, 5) is 2.26. The summed E-state index contributed by atoms with van der Waals surface area (Å²) in [6.45, 7) is 8.39. The molecule has 0 aliphatic carbocycles. The van der Waals surface area contributed by atoms with Gasteiger partial charge in [-0.1, -0.05) is 27.2 Å². The lowest BCUT2D eigenvalue weighted by molar-refractivity contribution is 0.393. The van der Waals surface area contributed by atoms with Crippen molar-refractivity contribution in [2.75, 3.05) is 18.0 Å². The molecule has 0 saturated carbocycles. The summed E-state index contributed by atoms with van der Waals surface area (Å²) in [5, 5.41) is 16.8. The SMILES string of the molecule is CCc1nnc(N2CCC(CC)CC2)c(C(=N)N)c1CC. The summed E-state index contributed by atoms with van der Waals surface area (Å²) >= 11 is 0. The average molecular weight is 289 g/mol. The second-order valence-electron chi connectivity index (χ2n) is 5.78. The molecule has 1 aromatic heterocycles. The van der Waals surface area contributed by atoms with E-state index in [1.165, 1.54) is 19.3 Å². The fourth-order valence-corrected chi connectivity index (χ4v) is 3.22. The first-order valence-electron chi connectivity index (χ1n) is 8.10. The van der Waals surface area contributed by atoms with Crippen molar-refractivity contribution in [3.8, 4) is 0 Å². The molecule has 2 rings (SSSR count). The van der Waals surface area contributed by atoms with Crippen molar-refractivity contribution in [1.29, 1.82) is 5.41 Å². The van der Waals surface area contributed by atoms with E-state index in [1.807, 2.05) is 0 Å². The molecule has 21 heavy (non-hydrogen) atoms. The number of nitrogen functional groups attached to an aromatic ring is 1. The molecule has 5 heteroatoms. The zero-order valence-corrected chi connectivity index (χ0v) is 13.4. The lowest BCUT2D eigenvalue weighted by Gasteiger charge is -2.33. The second-order valence-corrected chi connectivity index (χ2v) is 5.78. The predicted molar refractivity (Wildman–Crippen MR) is 87.0 cm³/mol. The fraction of sp³-hybridized carbons (Fsp3) is 0.688. The van der Waals surface area contributed by atoms with Crippen LogP contribution in [0.15, 0.2) is 0 Å². The summed E-state index contributed by atoms with van der Waals surface area (Å²) in [5.41, 5.74) is 8.73. The third-order valence-electron chi connectivity index (χ3n) is 4.59. The van der Waals surface area contributed by atoms with Gasteiger partial charge in [0, 0.05) is 13.1 Å². The van der Waals surface area contributed by atoms with Crippen LogP contribution in [0.4, 0.5) is 5.82 Å². The fourth-order valence-electron chi connectivity index (χ4n) is 3.22. The minimum atomic E-state index is 0.115. The van der Waals surface area contributed by atoms with Crippen LogP contribution < -0.4 is 10.6 Å². The molecule has 0 spiro atoms. The van der Waals surface area contributed by atoms with Crippen LogP contribution in [0.2, 0.25) is 0 Å². The number of nitrogens with two attached hydrogens (primary N) is 1.